The number of pyridine rings is 1. The monoisotopic (exact) mass is 275 g/mol. The zero-order chi connectivity index (χ0) is 14.7. The normalized spacial score (nSPS) is 14.2. The maximum absolute atomic E-state index is 11.5. The molecule has 2 aromatic rings. The summed E-state index contributed by atoms with van der Waals surface area (Å²) in [6, 6.07) is 5.64. The first-order valence-corrected chi connectivity index (χ1v) is 6.99. The Morgan fingerprint density at radius 1 is 1.45 bits per heavy atom. The molecule has 2 aromatic heterocycles. The third kappa shape index (κ3) is 2.92. The molecule has 2 unspecified atom stereocenters. The fraction of sp³-hybridized carbons (Fsp3) is 0.467. The van der Waals surface area contributed by atoms with Gasteiger partial charge in [0.2, 0.25) is 0 Å². The summed E-state index contributed by atoms with van der Waals surface area (Å²) in [6.45, 7) is 6.41. The molecule has 2 N–H and O–H groups in total. The van der Waals surface area contributed by atoms with E-state index in [1.807, 2.05) is 6.07 Å². The molecule has 0 saturated heterocycles. The van der Waals surface area contributed by atoms with Crippen molar-refractivity contribution >= 4 is 17.4 Å². The molecule has 2 heterocycles. The van der Waals surface area contributed by atoms with Gasteiger partial charge in [0.05, 0.1) is 0 Å². The Morgan fingerprint density at radius 2 is 2.20 bits per heavy atom. The van der Waals surface area contributed by atoms with E-state index in [4.69, 9.17) is 0 Å². The Morgan fingerprint density at radius 3 is 2.85 bits per heavy atom. The molecule has 0 fully saturated rings. The largest absolute Gasteiger partial charge is 0.476 e. The fourth-order valence-corrected chi connectivity index (χ4v) is 2.36. The van der Waals surface area contributed by atoms with Crippen LogP contribution in [0.2, 0.25) is 0 Å². The first kappa shape index (κ1) is 14.4. The second kappa shape index (κ2) is 5.94. The highest BCUT2D eigenvalue weighted by Gasteiger charge is 2.20. The van der Waals surface area contributed by atoms with Crippen LogP contribution in [0.5, 0.6) is 0 Å². The predicted octanol–water partition coefficient (Wildman–Crippen LogP) is 3.27. The number of anilines is 1. The van der Waals surface area contributed by atoms with Gasteiger partial charge in [-0.3, -0.25) is 4.40 Å². The van der Waals surface area contributed by atoms with Crippen molar-refractivity contribution in [2.75, 3.05) is 5.32 Å². The smallest absolute Gasteiger partial charge is 0.356 e. The lowest BCUT2D eigenvalue weighted by molar-refractivity contribution is 0.0690. The van der Waals surface area contributed by atoms with Gasteiger partial charge in [0.1, 0.15) is 5.65 Å². The summed E-state index contributed by atoms with van der Waals surface area (Å²) < 4.78 is 1.60. The molecule has 2 rings (SSSR count). The number of carbonyl (C=O) groups is 1. The maximum atomic E-state index is 11.5. The minimum atomic E-state index is -0.970. The second-order valence-electron chi connectivity index (χ2n) is 5.34. The number of nitrogens with one attached hydrogen (secondary N) is 1. The quantitative estimate of drug-likeness (QED) is 0.849. The molecule has 0 aliphatic rings. The van der Waals surface area contributed by atoms with Crippen LogP contribution in [0.3, 0.4) is 0 Å². The van der Waals surface area contributed by atoms with Crippen molar-refractivity contribution in [1.29, 1.82) is 0 Å². The van der Waals surface area contributed by atoms with Crippen LogP contribution in [0.1, 0.15) is 44.1 Å². The SMILES string of the molecule is CCC(C)CC(C)Nc1nc2ccccn2c1C(=O)O. The molecule has 5 heteroatoms. The van der Waals surface area contributed by atoms with Gasteiger partial charge >= 0.3 is 5.97 Å². The van der Waals surface area contributed by atoms with E-state index in [9.17, 15) is 9.90 Å². The van der Waals surface area contributed by atoms with Crippen molar-refractivity contribution in [1.82, 2.24) is 9.38 Å². The van der Waals surface area contributed by atoms with Crippen LogP contribution in [0.15, 0.2) is 24.4 Å². The van der Waals surface area contributed by atoms with Gasteiger partial charge in [0, 0.05) is 12.2 Å². The highest BCUT2D eigenvalue weighted by Crippen LogP contribution is 2.20. The van der Waals surface area contributed by atoms with E-state index in [0.717, 1.165) is 12.8 Å². The zero-order valence-electron chi connectivity index (χ0n) is 12.1. The molecule has 2 atom stereocenters. The van der Waals surface area contributed by atoms with Crippen LogP contribution in [0.25, 0.3) is 5.65 Å². The van der Waals surface area contributed by atoms with Crippen LogP contribution in [-0.2, 0) is 0 Å². The minimum Gasteiger partial charge on any atom is -0.476 e. The van der Waals surface area contributed by atoms with Gasteiger partial charge in [0.15, 0.2) is 11.5 Å². The number of rotatable bonds is 6. The van der Waals surface area contributed by atoms with E-state index in [0.29, 0.717) is 17.4 Å². The average molecular weight is 275 g/mol. The second-order valence-corrected chi connectivity index (χ2v) is 5.34. The number of aromatic nitrogens is 2. The lowest BCUT2D eigenvalue weighted by atomic mass is 10.0. The molecular formula is C15H21N3O2. The molecule has 0 spiro atoms. The number of fused-ring (bicyclic) bond motifs is 1. The fourth-order valence-electron chi connectivity index (χ4n) is 2.36. The van der Waals surface area contributed by atoms with Crippen LogP contribution in [-0.4, -0.2) is 26.5 Å². The van der Waals surface area contributed by atoms with Crippen LogP contribution >= 0.6 is 0 Å². The van der Waals surface area contributed by atoms with Crippen LogP contribution in [0.4, 0.5) is 5.82 Å². The van der Waals surface area contributed by atoms with Crippen LogP contribution in [0, 0.1) is 5.92 Å². The Hall–Kier alpha value is -2.04. The van der Waals surface area contributed by atoms with Gasteiger partial charge in [0.25, 0.3) is 0 Å². The maximum Gasteiger partial charge on any atom is 0.356 e. The van der Waals surface area contributed by atoms with E-state index >= 15 is 0 Å². The Kier molecular flexibility index (Phi) is 4.27. The molecule has 5 nitrogen and oxygen atoms in total. The van der Waals surface area contributed by atoms with Crippen molar-refractivity contribution in [3.05, 3.63) is 30.1 Å². The van der Waals surface area contributed by atoms with Crippen LogP contribution < -0.4 is 5.32 Å². The first-order valence-electron chi connectivity index (χ1n) is 6.99. The van der Waals surface area contributed by atoms with Gasteiger partial charge in [-0.25, -0.2) is 9.78 Å². The van der Waals surface area contributed by atoms with Crippen molar-refractivity contribution in [2.45, 2.75) is 39.7 Å². The summed E-state index contributed by atoms with van der Waals surface area (Å²) in [5, 5.41) is 12.6. The number of nitrogens with zero attached hydrogens (tertiary/aromatic N) is 2. The molecule has 0 aliphatic heterocycles. The molecule has 0 amide bonds. The summed E-state index contributed by atoms with van der Waals surface area (Å²) in [5.41, 5.74) is 0.833. The lowest BCUT2D eigenvalue weighted by Crippen LogP contribution is -2.20. The highest BCUT2D eigenvalue weighted by atomic mass is 16.4. The Bertz CT molecular complexity index is 606. The number of hydrogen-bond acceptors (Lipinski definition) is 3. The number of hydrogen-bond donors (Lipinski definition) is 2. The Balaban J connectivity index is 2.29. The predicted molar refractivity (Wildman–Crippen MR) is 79.3 cm³/mol. The van der Waals surface area contributed by atoms with Gasteiger partial charge in [-0.2, -0.15) is 0 Å². The van der Waals surface area contributed by atoms with Gasteiger partial charge in [-0.1, -0.05) is 26.3 Å². The molecule has 108 valence electrons. The van der Waals surface area contributed by atoms with Crippen molar-refractivity contribution in [3.8, 4) is 0 Å². The third-order valence-corrected chi connectivity index (χ3v) is 3.57. The topological polar surface area (TPSA) is 66.6 Å². The molecule has 0 bridgehead atoms. The molecular weight excluding hydrogens is 254 g/mol. The summed E-state index contributed by atoms with van der Waals surface area (Å²) >= 11 is 0. The van der Waals surface area contributed by atoms with E-state index in [1.165, 1.54) is 0 Å². The first-order chi connectivity index (χ1) is 9.52. The van der Waals surface area contributed by atoms with E-state index in [-0.39, 0.29) is 11.7 Å². The van der Waals surface area contributed by atoms with Crippen molar-refractivity contribution in [2.24, 2.45) is 5.92 Å². The highest BCUT2D eigenvalue weighted by molar-refractivity contribution is 5.93. The molecule has 0 radical (unpaired) electrons. The summed E-state index contributed by atoms with van der Waals surface area (Å²) in [6.07, 6.45) is 3.82. The molecule has 0 aromatic carbocycles. The number of imidazole rings is 1. The molecule has 0 saturated carbocycles. The minimum absolute atomic E-state index is 0.188. The van der Waals surface area contributed by atoms with Crippen molar-refractivity contribution < 1.29 is 9.90 Å². The lowest BCUT2D eigenvalue weighted by Gasteiger charge is -2.17. The summed E-state index contributed by atoms with van der Waals surface area (Å²) in [5.74, 6) is 0.0734. The van der Waals surface area contributed by atoms with E-state index < -0.39 is 5.97 Å². The average Bonchev–Trinajstić information content (AvgIpc) is 2.75. The number of carboxylic acid groups (broad SMARTS) is 1. The van der Waals surface area contributed by atoms with Gasteiger partial charge in [-0.15, -0.1) is 0 Å². The Labute approximate surface area is 118 Å². The van der Waals surface area contributed by atoms with E-state index in [2.05, 4.69) is 31.1 Å². The summed E-state index contributed by atoms with van der Waals surface area (Å²) in [4.78, 5) is 15.8. The van der Waals surface area contributed by atoms with Gasteiger partial charge in [-0.05, 0) is 31.4 Å². The standard InChI is InChI=1S/C15H21N3O2/c1-4-10(2)9-11(3)16-14-13(15(19)20)18-8-6-5-7-12(18)17-14/h5-8,10-11,16H,4,9H2,1-3H3,(H,19,20). The van der Waals surface area contributed by atoms with E-state index in [1.54, 1.807) is 22.7 Å². The number of aromatic carboxylic acids is 1. The zero-order valence-corrected chi connectivity index (χ0v) is 12.1. The van der Waals surface area contributed by atoms with Gasteiger partial charge < -0.3 is 10.4 Å². The van der Waals surface area contributed by atoms with Crippen molar-refractivity contribution in [3.63, 3.8) is 0 Å². The molecule has 20 heavy (non-hydrogen) atoms. The third-order valence-electron chi connectivity index (χ3n) is 3.57. The number of carboxylic acids is 1. The molecule has 0 aliphatic carbocycles. The summed E-state index contributed by atoms with van der Waals surface area (Å²) in [7, 11) is 0.